The van der Waals surface area contributed by atoms with Gasteiger partial charge in [0.05, 0.1) is 9.26 Å². The highest BCUT2D eigenvalue weighted by atomic mass is 127. The van der Waals surface area contributed by atoms with Crippen LogP contribution in [0.2, 0.25) is 5.15 Å². The molecule has 3 aromatic heterocycles. The van der Waals surface area contributed by atoms with E-state index in [4.69, 9.17) is 16.1 Å². The summed E-state index contributed by atoms with van der Waals surface area (Å²) in [5, 5.41) is 8.82. The van der Waals surface area contributed by atoms with Gasteiger partial charge in [-0.2, -0.15) is 10.1 Å². The second-order valence-corrected chi connectivity index (χ2v) is 6.92. The first kappa shape index (κ1) is 17.1. The number of rotatable bonds is 4. The zero-order chi connectivity index (χ0) is 18.1. The van der Waals surface area contributed by atoms with Crippen LogP contribution in [0.5, 0.6) is 0 Å². The normalized spacial score (nSPS) is 11.0. The van der Waals surface area contributed by atoms with E-state index in [0.717, 1.165) is 3.57 Å². The molecule has 26 heavy (non-hydrogen) atoms. The Morgan fingerprint density at radius 3 is 2.81 bits per heavy atom. The molecule has 0 atom stereocenters. The van der Waals surface area contributed by atoms with Gasteiger partial charge >= 0.3 is 0 Å². The summed E-state index contributed by atoms with van der Waals surface area (Å²) in [6.45, 7) is 0. The Hall–Kier alpha value is -2.33. The van der Waals surface area contributed by atoms with Crippen molar-refractivity contribution in [1.29, 1.82) is 0 Å². The van der Waals surface area contributed by atoms with Crippen molar-refractivity contribution in [3.8, 4) is 17.2 Å². The lowest BCUT2D eigenvalue weighted by Gasteiger charge is -2.02. The third-order valence-corrected chi connectivity index (χ3v) is 5.11. The molecule has 0 aliphatic rings. The summed E-state index contributed by atoms with van der Waals surface area (Å²) in [5.41, 5.74) is 2.46. The van der Waals surface area contributed by atoms with E-state index >= 15 is 0 Å². The van der Waals surface area contributed by atoms with E-state index in [1.807, 2.05) is 22.6 Å². The SMILES string of the molecule is Fc1ccccc1Cc1nn(-c2ncc(I)c(Cl)n2)cc1-c1ccon1. The predicted octanol–water partition coefficient (Wildman–Crippen LogP) is 4.31. The smallest absolute Gasteiger partial charge is 0.251 e. The molecule has 9 heteroatoms. The van der Waals surface area contributed by atoms with Crippen LogP contribution in [0.15, 0.2) is 53.5 Å². The average Bonchev–Trinajstić information content (AvgIpc) is 3.29. The third kappa shape index (κ3) is 3.34. The summed E-state index contributed by atoms with van der Waals surface area (Å²) in [6.07, 6.45) is 5.10. The van der Waals surface area contributed by atoms with Crippen LogP contribution in [0.1, 0.15) is 11.3 Å². The molecule has 4 rings (SSSR count). The average molecular weight is 482 g/mol. The van der Waals surface area contributed by atoms with E-state index in [1.165, 1.54) is 17.0 Å². The molecule has 0 N–H and O–H groups in total. The van der Waals surface area contributed by atoms with Crippen molar-refractivity contribution in [1.82, 2.24) is 24.9 Å². The Morgan fingerprint density at radius 2 is 2.08 bits per heavy atom. The Labute approximate surface area is 166 Å². The van der Waals surface area contributed by atoms with Crippen LogP contribution in [-0.2, 0) is 6.42 Å². The molecule has 6 nitrogen and oxygen atoms in total. The van der Waals surface area contributed by atoms with Crippen molar-refractivity contribution in [3.63, 3.8) is 0 Å². The van der Waals surface area contributed by atoms with Gasteiger partial charge in [-0.1, -0.05) is 35.0 Å². The maximum Gasteiger partial charge on any atom is 0.251 e. The van der Waals surface area contributed by atoms with Crippen LogP contribution < -0.4 is 0 Å². The number of nitrogens with zero attached hydrogens (tertiary/aromatic N) is 5. The fourth-order valence-electron chi connectivity index (χ4n) is 2.48. The Kier molecular flexibility index (Phi) is 4.68. The van der Waals surface area contributed by atoms with Gasteiger partial charge < -0.3 is 4.52 Å². The summed E-state index contributed by atoms with van der Waals surface area (Å²) >= 11 is 8.13. The van der Waals surface area contributed by atoms with Crippen LogP contribution in [0.25, 0.3) is 17.2 Å². The molecule has 0 saturated carbocycles. The van der Waals surface area contributed by atoms with Crippen molar-refractivity contribution in [2.75, 3.05) is 0 Å². The Morgan fingerprint density at radius 1 is 1.23 bits per heavy atom. The highest BCUT2D eigenvalue weighted by Gasteiger charge is 2.17. The molecule has 4 aromatic rings. The van der Waals surface area contributed by atoms with E-state index in [0.29, 0.717) is 40.0 Å². The van der Waals surface area contributed by atoms with Crippen molar-refractivity contribution in [2.24, 2.45) is 0 Å². The lowest BCUT2D eigenvalue weighted by atomic mass is 10.1. The van der Waals surface area contributed by atoms with Crippen LogP contribution in [-0.4, -0.2) is 24.9 Å². The van der Waals surface area contributed by atoms with E-state index in [2.05, 4.69) is 20.2 Å². The van der Waals surface area contributed by atoms with Crippen LogP contribution in [0.3, 0.4) is 0 Å². The molecule has 130 valence electrons. The van der Waals surface area contributed by atoms with Crippen LogP contribution in [0.4, 0.5) is 4.39 Å². The number of halogens is 3. The molecule has 0 amide bonds. The highest BCUT2D eigenvalue weighted by molar-refractivity contribution is 14.1. The second kappa shape index (κ2) is 7.12. The summed E-state index contributed by atoms with van der Waals surface area (Å²) < 4.78 is 21.2. The van der Waals surface area contributed by atoms with Gasteiger partial charge in [-0.05, 0) is 34.2 Å². The van der Waals surface area contributed by atoms with Gasteiger partial charge in [0, 0.05) is 30.4 Å². The monoisotopic (exact) mass is 481 g/mol. The molecule has 0 unspecified atom stereocenters. The number of benzene rings is 1. The minimum Gasteiger partial charge on any atom is -0.364 e. The van der Waals surface area contributed by atoms with Crippen molar-refractivity contribution in [2.45, 2.75) is 6.42 Å². The molecular weight excluding hydrogens is 472 g/mol. The molecule has 0 radical (unpaired) electrons. The Bertz CT molecular complexity index is 1070. The molecule has 0 saturated heterocycles. The number of hydrogen-bond acceptors (Lipinski definition) is 5. The van der Waals surface area contributed by atoms with Crippen molar-refractivity contribution < 1.29 is 8.91 Å². The first-order valence-corrected chi connectivity index (χ1v) is 8.98. The topological polar surface area (TPSA) is 69.6 Å². The number of aromatic nitrogens is 5. The molecule has 0 aliphatic carbocycles. The summed E-state index contributed by atoms with van der Waals surface area (Å²) in [6, 6.07) is 8.29. The quantitative estimate of drug-likeness (QED) is 0.321. The molecule has 3 heterocycles. The van der Waals surface area contributed by atoms with Gasteiger partial charge in [-0.25, -0.2) is 14.1 Å². The third-order valence-electron chi connectivity index (χ3n) is 3.71. The first-order chi connectivity index (χ1) is 12.6. The second-order valence-electron chi connectivity index (χ2n) is 5.40. The van der Waals surface area contributed by atoms with Gasteiger partial charge in [0.25, 0.3) is 5.95 Å². The highest BCUT2D eigenvalue weighted by Crippen LogP contribution is 2.26. The fourth-order valence-corrected chi connectivity index (χ4v) is 2.86. The lowest BCUT2D eigenvalue weighted by molar-refractivity contribution is 0.422. The van der Waals surface area contributed by atoms with Crippen LogP contribution in [0, 0.1) is 9.39 Å². The van der Waals surface area contributed by atoms with E-state index < -0.39 is 0 Å². The van der Waals surface area contributed by atoms with Gasteiger partial charge in [0.1, 0.15) is 22.9 Å². The Balaban J connectivity index is 1.80. The maximum atomic E-state index is 14.1. The molecule has 0 bridgehead atoms. The minimum absolute atomic E-state index is 0.290. The van der Waals surface area contributed by atoms with Crippen LogP contribution >= 0.6 is 34.2 Å². The van der Waals surface area contributed by atoms with E-state index in [-0.39, 0.29) is 5.82 Å². The summed E-state index contributed by atoms with van der Waals surface area (Å²) in [5.74, 6) is 0.0293. The standard InChI is InChI=1S/C17H10ClFIN5O/c18-16-13(20)8-21-17(22-16)25-9-11(14-5-6-26-24-14)15(23-25)7-10-3-1-2-4-12(10)19/h1-6,8-9H,7H2. The molecule has 0 aliphatic heterocycles. The summed E-state index contributed by atoms with van der Waals surface area (Å²) in [7, 11) is 0. The van der Waals surface area contributed by atoms with Crippen molar-refractivity contribution >= 4 is 34.2 Å². The van der Waals surface area contributed by atoms with E-state index in [9.17, 15) is 4.39 Å². The predicted molar refractivity (Wildman–Crippen MR) is 102 cm³/mol. The molecule has 1 aromatic carbocycles. The fraction of sp³-hybridized carbons (Fsp3) is 0.0588. The lowest BCUT2D eigenvalue weighted by Crippen LogP contribution is -2.03. The van der Waals surface area contributed by atoms with Crippen molar-refractivity contribution in [3.05, 3.63) is 74.8 Å². The van der Waals surface area contributed by atoms with E-state index in [1.54, 1.807) is 36.7 Å². The zero-order valence-corrected chi connectivity index (χ0v) is 16.0. The minimum atomic E-state index is -0.290. The summed E-state index contributed by atoms with van der Waals surface area (Å²) in [4.78, 5) is 8.48. The largest absolute Gasteiger partial charge is 0.364 e. The maximum absolute atomic E-state index is 14.1. The van der Waals surface area contributed by atoms with Gasteiger partial charge in [0.2, 0.25) is 0 Å². The van der Waals surface area contributed by atoms with Gasteiger partial charge in [-0.3, -0.25) is 0 Å². The molecule has 0 spiro atoms. The van der Waals surface area contributed by atoms with Gasteiger partial charge in [-0.15, -0.1) is 0 Å². The number of hydrogen-bond donors (Lipinski definition) is 0. The molecule has 0 fully saturated rings. The molecular formula is C17H10ClFIN5O. The zero-order valence-electron chi connectivity index (χ0n) is 13.1. The van der Waals surface area contributed by atoms with Gasteiger partial charge in [0.15, 0.2) is 0 Å². The first-order valence-electron chi connectivity index (χ1n) is 7.53.